The number of nitrogens with two attached hydrogens (primary N) is 1. The summed E-state index contributed by atoms with van der Waals surface area (Å²) in [4.78, 5) is 18.3. The zero-order chi connectivity index (χ0) is 16.4. The van der Waals surface area contributed by atoms with E-state index < -0.39 is 0 Å². The van der Waals surface area contributed by atoms with Crippen LogP contribution in [0.5, 0.6) is 0 Å². The average Bonchev–Trinajstić information content (AvgIpc) is 3.07. The smallest absolute Gasteiger partial charge is 0.227 e. The lowest BCUT2D eigenvalue weighted by molar-refractivity contribution is 0.211. The lowest BCUT2D eigenvalue weighted by atomic mass is 10.0. The van der Waals surface area contributed by atoms with Crippen molar-refractivity contribution in [2.45, 2.75) is 25.4 Å². The Kier molecular flexibility index (Phi) is 4.00. The van der Waals surface area contributed by atoms with Gasteiger partial charge in [0.15, 0.2) is 11.5 Å². The second-order valence-electron chi connectivity index (χ2n) is 6.21. The number of likely N-dealkylation sites (tertiary alicyclic amines) is 1. The number of aromatic amines is 1. The standard InChI is InChI=1S/C17H21N7/c18-15-14-16(20-11-19-14)23-17(22-15)21-13-6-8-24(9-7-13)10-12-4-2-1-3-5-12/h1-5,11,13H,6-10H2,(H4,18,19,20,21,22,23). The summed E-state index contributed by atoms with van der Waals surface area (Å²) in [6, 6.07) is 11.0. The minimum atomic E-state index is 0.368. The molecule has 2 aromatic heterocycles. The van der Waals surface area contributed by atoms with E-state index in [0.29, 0.717) is 29.0 Å². The van der Waals surface area contributed by atoms with Gasteiger partial charge in [0.05, 0.1) is 6.33 Å². The van der Waals surface area contributed by atoms with Crippen molar-refractivity contribution >= 4 is 22.9 Å². The van der Waals surface area contributed by atoms with Gasteiger partial charge in [-0.15, -0.1) is 0 Å². The minimum Gasteiger partial charge on any atom is -0.382 e. The SMILES string of the molecule is Nc1nc(NC2CCN(Cc3ccccc3)CC2)nc2nc[nH]c12. The van der Waals surface area contributed by atoms with E-state index in [4.69, 9.17) is 5.73 Å². The second-order valence-corrected chi connectivity index (χ2v) is 6.21. The van der Waals surface area contributed by atoms with Crippen molar-refractivity contribution in [2.75, 3.05) is 24.1 Å². The Hall–Kier alpha value is -2.67. The number of piperidine rings is 1. The lowest BCUT2D eigenvalue weighted by Crippen LogP contribution is -2.39. The molecule has 1 saturated heterocycles. The summed E-state index contributed by atoms with van der Waals surface area (Å²) < 4.78 is 0. The molecule has 0 spiro atoms. The van der Waals surface area contributed by atoms with Crippen molar-refractivity contribution in [3.05, 3.63) is 42.2 Å². The maximum absolute atomic E-state index is 5.94. The molecule has 3 aromatic rings. The Balaban J connectivity index is 1.35. The number of nitrogens with one attached hydrogen (secondary N) is 2. The van der Waals surface area contributed by atoms with Crippen LogP contribution in [0.15, 0.2) is 36.7 Å². The highest BCUT2D eigenvalue weighted by Crippen LogP contribution is 2.19. The first-order chi connectivity index (χ1) is 11.8. The Morgan fingerprint density at radius 2 is 1.96 bits per heavy atom. The Morgan fingerprint density at radius 3 is 2.75 bits per heavy atom. The molecule has 0 aliphatic carbocycles. The first-order valence-corrected chi connectivity index (χ1v) is 8.27. The van der Waals surface area contributed by atoms with Crippen LogP contribution in [0.3, 0.4) is 0 Å². The summed E-state index contributed by atoms with van der Waals surface area (Å²) >= 11 is 0. The second kappa shape index (κ2) is 6.45. The number of anilines is 2. The summed E-state index contributed by atoms with van der Waals surface area (Å²) in [6.45, 7) is 3.13. The van der Waals surface area contributed by atoms with Crippen LogP contribution in [-0.2, 0) is 6.54 Å². The van der Waals surface area contributed by atoms with Crippen molar-refractivity contribution in [2.24, 2.45) is 0 Å². The summed E-state index contributed by atoms with van der Waals surface area (Å²) in [5, 5.41) is 3.41. The fraction of sp³-hybridized carbons (Fsp3) is 0.353. The molecule has 1 fully saturated rings. The van der Waals surface area contributed by atoms with Crippen LogP contribution in [0.4, 0.5) is 11.8 Å². The van der Waals surface area contributed by atoms with Crippen molar-refractivity contribution in [1.82, 2.24) is 24.8 Å². The van der Waals surface area contributed by atoms with Gasteiger partial charge in [-0.3, -0.25) is 4.90 Å². The van der Waals surface area contributed by atoms with E-state index in [2.05, 4.69) is 60.5 Å². The third kappa shape index (κ3) is 3.16. The number of benzene rings is 1. The number of imidazole rings is 1. The van der Waals surface area contributed by atoms with Gasteiger partial charge in [-0.2, -0.15) is 9.97 Å². The number of nitrogen functional groups attached to an aromatic ring is 1. The molecule has 1 aliphatic rings. The highest BCUT2D eigenvalue weighted by Gasteiger charge is 2.20. The zero-order valence-electron chi connectivity index (χ0n) is 13.4. The molecule has 3 heterocycles. The van der Waals surface area contributed by atoms with Crippen LogP contribution in [-0.4, -0.2) is 44.0 Å². The predicted octanol–water partition coefficient (Wildman–Crippen LogP) is 2.01. The van der Waals surface area contributed by atoms with Gasteiger partial charge in [-0.1, -0.05) is 30.3 Å². The molecular formula is C17H21N7. The van der Waals surface area contributed by atoms with E-state index in [1.54, 1.807) is 6.33 Å². The third-order valence-electron chi connectivity index (χ3n) is 4.48. The summed E-state index contributed by atoms with van der Waals surface area (Å²) in [5.41, 5.74) is 8.60. The molecule has 0 saturated carbocycles. The van der Waals surface area contributed by atoms with Crippen LogP contribution >= 0.6 is 0 Å². The molecule has 4 rings (SSSR count). The van der Waals surface area contributed by atoms with Crippen molar-refractivity contribution in [3.8, 4) is 0 Å². The number of hydrogen-bond donors (Lipinski definition) is 3. The maximum Gasteiger partial charge on any atom is 0.227 e. The third-order valence-corrected chi connectivity index (χ3v) is 4.48. The quantitative estimate of drug-likeness (QED) is 0.680. The van der Waals surface area contributed by atoms with Crippen LogP contribution < -0.4 is 11.1 Å². The van der Waals surface area contributed by atoms with Gasteiger partial charge in [0.25, 0.3) is 0 Å². The van der Waals surface area contributed by atoms with Gasteiger partial charge in [0.2, 0.25) is 5.95 Å². The van der Waals surface area contributed by atoms with Crippen molar-refractivity contribution < 1.29 is 0 Å². The Morgan fingerprint density at radius 1 is 1.17 bits per heavy atom. The van der Waals surface area contributed by atoms with Crippen molar-refractivity contribution in [1.29, 1.82) is 0 Å². The van der Waals surface area contributed by atoms with E-state index in [9.17, 15) is 0 Å². The molecular weight excluding hydrogens is 302 g/mol. The molecule has 1 aliphatic heterocycles. The first-order valence-electron chi connectivity index (χ1n) is 8.27. The highest BCUT2D eigenvalue weighted by molar-refractivity contribution is 5.82. The lowest BCUT2D eigenvalue weighted by Gasteiger charge is -2.32. The van der Waals surface area contributed by atoms with E-state index in [1.165, 1.54) is 5.56 Å². The molecule has 24 heavy (non-hydrogen) atoms. The molecule has 7 nitrogen and oxygen atoms in total. The number of hydrogen-bond acceptors (Lipinski definition) is 6. The number of nitrogens with zero attached hydrogens (tertiary/aromatic N) is 4. The molecule has 0 atom stereocenters. The van der Waals surface area contributed by atoms with Crippen LogP contribution in [0, 0.1) is 0 Å². The highest BCUT2D eigenvalue weighted by atomic mass is 15.2. The Labute approximate surface area is 140 Å². The fourth-order valence-corrected chi connectivity index (χ4v) is 3.18. The number of aromatic nitrogens is 4. The van der Waals surface area contributed by atoms with Gasteiger partial charge in [0.1, 0.15) is 5.52 Å². The normalized spacial score (nSPS) is 16.5. The Bertz CT molecular complexity index is 806. The van der Waals surface area contributed by atoms with Gasteiger partial charge < -0.3 is 16.0 Å². The van der Waals surface area contributed by atoms with Crippen LogP contribution in [0.1, 0.15) is 18.4 Å². The average molecular weight is 323 g/mol. The first kappa shape index (κ1) is 14.9. The molecule has 124 valence electrons. The van der Waals surface area contributed by atoms with Crippen LogP contribution in [0.2, 0.25) is 0 Å². The summed E-state index contributed by atoms with van der Waals surface area (Å²) in [5.74, 6) is 0.995. The minimum absolute atomic E-state index is 0.368. The topological polar surface area (TPSA) is 95.8 Å². The zero-order valence-corrected chi connectivity index (χ0v) is 13.4. The number of rotatable bonds is 4. The van der Waals surface area contributed by atoms with E-state index in [0.717, 1.165) is 32.5 Å². The fourth-order valence-electron chi connectivity index (χ4n) is 3.18. The molecule has 1 aromatic carbocycles. The molecule has 0 amide bonds. The monoisotopic (exact) mass is 323 g/mol. The molecule has 4 N–H and O–H groups in total. The molecule has 0 bridgehead atoms. The van der Waals surface area contributed by atoms with Crippen LogP contribution in [0.25, 0.3) is 11.2 Å². The van der Waals surface area contributed by atoms with E-state index in [-0.39, 0.29) is 0 Å². The molecule has 0 unspecified atom stereocenters. The predicted molar refractivity (Wildman–Crippen MR) is 94.5 cm³/mol. The van der Waals surface area contributed by atoms with E-state index in [1.807, 2.05) is 0 Å². The van der Waals surface area contributed by atoms with Gasteiger partial charge in [-0.05, 0) is 18.4 Å². The number of H-pyrrole nitrogens is 1. The maximum atomic E-state index is 5.94. The van der Waals surface area contributed by atoms with Gasteiger partial charge in [-0.25, -0.2) is 4.98 Å². The summed E-state index contributed by atoms with van der Waals surface area (Å²) in [7, 11) is 0. The molecule has 0 radical (unpaired) electrons. The summed E-state index contributed by atoms with van der Waals surface area (Å²) in [6.07, 6.45) is 3.71. The van der Waals surface area contributed by atoms with Gasteiger partial charge in [0, 0.05) is 25.7 Å². The van der Waals surface area contributed by atoms with Gasteiger partial charge >= 0.3 is 0 Å². The van der Waals surface area contributed by atoms with E-state index >= 15 is 0 Å². The largest absolute Gasteiger partial charge is 0.382 e. The van der Waals surface area contributed by atoms with Crippen molar-refractivity contribution in [3.63, 3.8) is 0 Å². The molecule has 7 heteroatoms. The number of fused-ring (bicyclic) bond motifs is 1.